The molecule has 0 aliphatic carbocycles. The van der Waals surface area contributed by atoms with Crippen molar-refractivity contribution in [2.24, 2.45) is 0 Å². The van der Waals surface area contributed by atoms with Crippen LogP contribution in [0.2, 0.25) is 0 Å². The van der Waals surface area contributed by atoms with Gasteiger partial charge in [0.05, 0.1) is 30.8 Å². The van der Waals surface area contributed by atoms with Gasteiger partial charge in [-0.25, -0.2) is 18.6 Å². The average Bonchev–Trinajstić information content (AvgIpc) is 3.39. The van der Waals surface area contributed by atoms with Gasteiger partial charge in [0.15, 0.2) is 29.2 Å². The first-order valence-corrected chi connectivity index (χ1v) is 14.8. The second-order valence-electron chi connectivity index (χ2n) is 11.5. The van der Waals surface area contributed by atoms with Crippen LogP contribution < -0.4 is 9.47 Å². The zero-order chi connectivity index (χ0) is 30.4. The molecule has 9 nitrogen and oxygen atoms in total. The largest absolute Gasteiger partial charge is 0.485 e. The van der Waals surface area contributed by atoms with Crippen LogP contribution >= 0.6 is 0 Å². The molecule has 0 amide bonds. The number of nitriles is 1. The zero-order valence-corrected chi connectivity index (χ0v) is 23.8. The summed E-state index contributed by atoms with van der Waals surface area (Å²) in [5.74, 6) is -1.18. The lowest BCUT2D eigenvalue weighted by Crippen LogP contribution is -2.35. The lowest BCUT2D eigenvalue weighted by molar-refractivity contribution is -0.0592. The fourth-order valence-corrected chi connectivity index (χ4v) is 6.37. The summed E-state index contributed by atoms with van der Waals surface area (Å²) in [6.45, 7) is 3.08. The van der Waals surface area contributed by atoms with Crippen molar-refractivity contribution >= 4 is 17.0 Å². The number of fused-ring (bicyclic) bond motifs is 2. The third kappa shape index (κ3) is 5.14. The van der Waals surface area contributed by atoms with Crippen LogP contribution in [-0.4, -0.2) is 57.9 Å². The zero-order valence-electron chi connectivity index (χ0n) is 23.8. The number of halogens is 2. The van der Waals surface area contributed by atoms with Crippen LogP contribution in [0.1, 0.15) is 64.2 Å². The molecule has 2 atom stereocenters. The molecule has 3 aliphatic heterocycles. The van der Waals surface area contributed by atoms with Crippen LogP contribution in [0.3, 0.4) is 0 Å². The number of hydrogen-bond acceptors (Lipinski definition) is 7. The predicted octanol–water partition coefficient (Wildman–Crippen LogP) is 5.57. The minimum atomic E-state index is -1.53. The molecule has 226 valence electrons. The van der Waals surface area contributed by atoms with Gasteiger partial charge in [-0.05, 0) is 68.1 Å². The van der Waals surface area contributed by atoms with Gasteiger partial charge < -0.3 is 23.9 Å². The molecule has 3 aromatic carbocycles. The van der Waals surface area contributed by atoms with Crippen molar-refractivity contribution in [2.45, 2.75) is 50.5 Å². The smallest absolute Gasteiger partial charge is 0.338 e. The molecular formula is C33H30F2N4O5. The number of likely N-dealkylation sites (tertiary alicyclic amines) is 1. The molecule has 0 unspecified atom stereocenters. The molecule has 0 saturated carbocycles. The second kappa shape index (κ2) is 11.5. The van der Waals surface area contributed by atoms with E-state index in [4.69, 9.17) is 19.5 Å². The highest BCUT2D eigenvalue weighted by atomic mass is 19.1. The molecule has 2 fully saturated rings. The number of para-hydroxylation sites is 1. The molecule has 7 rings (SSSR count). The molecule has 4 aromatic rings. The number of rotatable bonds is 7. The Bertz CT molecular complexity index is 1770. The topological polar surface area (TPSA) is 110 Å². The number of benzene rings is 3. The van der Waals surface area contributed by atoms with E-state index < -0.39 is 23.2 Å². The van der Waals surface area contributed by atoms with E-state index in [0.29, 0.717) is 43.0 Å². The van der Waals surface area contributed by atoms with Gasteiger partial charge in [0.2, 0.25) is 0 Å². The summed E-state index contributed by atoms with van der Waals surface area (Å²) >= 11 is 0. The summed E-state index contributed by atoms with van der Waals surface area (Å²) in [7, 11) is 0. The SMILES string of the molecule is N#Cc1ccc([C@@H]2COc3c(cccc3C3CCN(Cc4nc5c(F)cc(C(=O)O)c(F)c5n4C[C@@H]4CCO4)CC3)O2)cc1. The van der Waals surface area contributed by atoms with Gasteiger partial charge in [0.1, 0.15) is 29.0 Å². The number of aromatic carboxylic acids is 1. The Kier molecular flexibility index (Phi) is 7.40. The number of carboxylic acid groups (broad SMARTS) is 1. The van der Waals surface area contributed by atoms with Crippen molar-refractivity contribution in [1.82, 2.24) is 14.5 Å². The molecule has 11 heteroatoms. The number of piperidine rings is 1. The molecule has 4 heterocycles. The number of carboxylic acids is 1. The Morgan fingerprint density at radius 1 is 1.11 bits per heavy atom. The first kappa shape index (κ1) is 28.3. The minimum Gasteiger partial charge on any atom is -0.485 e. The summed E-state index contributed by atoms with van der Waals surface area (Å²) in [4.78, 5) is 18.3. The summed E-state index contributed by atoms with van der Waals surface area (Å²) in [5, 5.41) is 18.5. The Hall–Kier alpha value is -4.53. The lowest BCUT2D eigenvalue weighted by atomic mass is 9.88. The fraction of sp³-hybridized carbons (Fsp3) is 0.364. The van der Waals surface area contributed by atoms with Crippen LogP contribution in [-0.2, 0) is 17.8 Å². The molecular weight excluding hydrogens is 570 g/mol. The average molecular weight is 601 g/mol. The third-order valence-electron chi connectivity index (χ3n) is 8.86. The Morgan fingerprint density at radius 3 is 2.57 bits per heavy atom. The quantitative estimate of drug-likeness (QED) is 0.294. The van der Waals surface area contributed by atoms with Gasteiger partial charge in [-0.2, -0.15) is 5.26 Å². The maximum Gasteiger partial charge on any atom is 0.338 e. The van der Waals surface area contributed by atoms with Gasteiger partial charge in [-0.3, -0.25) is 4.90 Å². The van der Waals surface area contributed by atoms with Crippen LogP contribution in [0.15, 0.2) is 48.5 Å². The van der Waals surface area contributed by atoms with E-state index in [1.807, 2.05) is 24.3 Å². The van der Waals surface area contributed by atoms with Crippen molar-refractivity contribution < 1.29 is 32.9 Å². The molecule has 0 bridgehead atoms. The van der Waals surface area contributed by atoms with Crippen LogP contribution in [0.25, 0.3) is 11.0 Å². The number of hydrogen-bond donors (Lipinski definition) is 1. The van der Waals surface area contributed by atoms with E-state index in [9.17, 15) is 14.3 Å². The number of nitrogens with zero attached hydrogens (tertiary/aromatic N) is 4. The lowest BCUT2D eigenvalue weighted by Gasteiger charge is -2.35. The van der Waals surface area contributed by atoms with E-state index >= 15 is 4.39 Å². The first-order valence-electron chi connectivity index (χ1n) is 14.8. The maximum atomic E-state index is 15.4. The Morgan fingerprint density at radius 2 is 1.89 bits per heavy atom. The number of ether oxygens (including phenoxy) is 3. The monoisotopic (exact) mass is 600 g/mol. The van der Waals surface area contributed by atoms with Crippen LogP contribution in [0, 0.1) is 23.0 Å². The van der Waals surface area contributed by atoms with Gasteiger partial charge in [-0.1, -0.05) is 24.3 Å². The van der Waals surface area contributed by atoms with E-state index in [1.54, 1.807) is 16.7 Å². The third-order valence-corrected chi connectivity index (χ3v) is 8.86. The summed E-state index contributed by atoms with van der Waals surface area (Å²) in [6.07, 6.45) is 2.05. The molecule has 0 spiro atoms. The van der Waals surface area contributed by atoms with Crippen molar-refractivity contribution in [3.63, 3.8) is 0 Å². The number of aromatic nitrogens is 2. The van der Waals surface area contributed by atoms with E-state index in [-0.39, 0.29) is 35.7 Å². The second-order valence-corrected chi connectivity index (χ2v) is 11.5. The number of imidazole rings is 1. The summed E-state index contributed by atoms with van der Waals surface area (Å²) < 4.78 is 50.0. The normalized spacial score (nSPS) is 20.3. The maximum absolute atomic E-state index is 15.4. The van der Waals surface area contributed by atoms with Crippen molar-refractivity contribution in [3.05, 3.63) is 88.2 Å². The van der Waals surface area contributed by atoms with E-state index in [1.165, 1.54) is 0 Å². The van der Waals surface area contributed by atoms with E-state index in [2.05, 4.69) is 22.0 Å². The Balaban J connectivity index is 1.07. The van der Waals surface area contributed by atoms with Crippen molar-refractivity contribution in [3.8, 4) is 17.6 Å². The standard InChI is InChI=1S/C33H30F2N4O5/c34-25-14-24(33(40)41)29(35)31-30(25)37-28(39(31)16-22-10-13-42-22)17-38-11-8-20(9-12-38)23-2-1-3-26-32(23)43-18-27(44-26)21-6-4-19(15-36)5-7-21/h1-7,14,20,22,27H,8-13,16-18H2,(H,40,41)/t22-,27-/m0/s1. The van der Waals surface area contributed by atoms with E-state index in [0.717, 1.165) is 49.2 Å². The van der Waals surface area contributed by atoms with Gasteiger partial charge >= 0.3 is 5.97 Å². The highest BCUT2D eigenvalue weighted by Crippen LogP contribution is 2.44. The highest BCUT2D eigenvalue weighted by molar-refractivity contribution is 5.93. The molecule has 3 aliphatic rings. The van der Waals surface area contributed by atoms with Crippen LogP contribution in [0.4, 0.5) is 8.78 Å². The van der Waals surface area contributed by atoms with Gasteiger partial charge in [0, 0.05) is 12.2 Å². The molecule has 1 aromatic heterocycles. The fourth-order valence-electron chi connectivity index (χ4n) is 6.37. The molecule has 2 saturated heterocycles. The number of carbonyl (C=O) groups is 1. The molecule has 1 N–H and O–H groups in total. The summed E-state index contributed by atoms with van der Waals surface area (Å²) in [5.41, 5.74) is 1.64. The summed E-state index contributed by atoms with van der Waals surface area (Å²) in [6, 6.07) is 16.1. The molecule has 0 radical (unpaired) electrons. The highest BCUT2D eigenvalue weighted by Gasteiger charge is 2.32. The predicted molar refractivity (Wildman–Crippen MR) is 155 cm³/mol. The van der Waals surface area contributed by atoms with Crippen molar-refractivity contribution in [1.29, 1.82) is 5.26 Å². The first-order chi connectivity index (χ1) is 21.4. The minimum absolute atomic E-state index is 0.129. The van der Waals surface area contributed by atoms with Gasteiger partial charge in [0.25, 0.3) is 0 Å². The van der Waals surface area contributed by atoms with Crippen molar-refractivity contribution in [2.75, 3.05) is 26.3 Å². The van der Waals surface area contributed by atoms with Gasteiger partial charge in [-0.15, -0.1) is 0 Å². The van der Waals surface area contributed by atoms with Crippen LogP contribution in [0.5, 0.6) is 11.5 Å². The molecule has 44 heavy (non-hydrogen) atoms. The Labute approximate surface area is 252 Å².